The SMILES string of the molecule is CS(=O)(=O)CCC(N)C(=O)NCC1CCC(O)CC1. The molecule has 0 saturated heterocycles. The van der Waals surface area contributed by atoms with Crippen LogP contribution in [0, 0.1) is 5.92 Å². The van der Waals surface area contributed by atoms with E-state index in [1.165, 1.54) is 0 Å². The van der Waals surface area contributed by atoms with Gasteiger partial charge in [-0.3, -0.25) is 4.79 Å². The summed E-state index contributed by atoms with van der Waals surface area (Å²) in [6, 6.07) is -0.774. The minimum Gasteiger partial charge on any atom is -0.393 e. The first-order valence-corrected chi connectivity index (χ1v) is 8.73. The fraction of sp³-hybridized carbons (Fsp3) is 0.917. The topological polar surface area (TPSA) is 109 Å². The van der Waals surface area contributed by atoms with E-state index in [1.54, 1.807) is 0 Å². The van der Waals surface area contributed by atoms with E-state index < -0.39 is 15.9 Å². The van der Waals surface area contributed by atoms with Crippen LogP contribution in [0.5, 0.6) is 0 Å². The second kappa shape index (κ2) is 7.21. The molecule has 1 fully saturated rings. The van der Waals surface area contributed by atoms with Crippen molar-refractivity contribution < 1.29 is 18.3 Å². The summed E-state index contributed by atoms with van der Waals surface area (Å²) in [6.07, 6.45) is 4.43. The highest BCUT2D eigenvalue weighted by molar-refractivity contribution is 7.90. The maximum absolute atomic E-state index is 11.7. The normalized spacial score (nSPS) is 25.8. The zero-order valence-electron chi connectivity index (χ0n) is 11.3. The molecule has 19 heavy (non-hydrogen) atoms. The molecular weight excluding hydrogens is 268 g/mol. The van der Waals surface area contributed by atoms with Gasteiger partial charge < -0.3 is 16.2 Å². The summed E-state index contributed by atoms with van der Waals surface area (Å²) in [5.74, 6) is 0.0150. The molecule has 4 N–H and O–H groups in total. The number of hydrogen-bond acceptors (Lipinski definition) is 5. The number of aliphatic hydroxyl groups is 1. The van der Waals surface area contributed by atoms with Gasteiger partial charge in [0.1, 0.15) is 9.84 Å². The molecule has 0 aliphatic heterocycles. The fourth-order valence-electron chi connectivity index (χ4n) is 2.20. The first-order chi connectivity index (χ1) is 8.78. The van der Waals surface area contributed by atoms with Gasteiger partial charge in [-0.05, 0) is 38.0 Å². The summed E-state index contributed by atoms with van der Waals surface area (Å²) in [5, 5.41) is 12.1. The molecule has 0 heterocycles. The third-order valence-electron chi connectivity index (χ3n) is 3.52. The zero-order valence-corrected chi connectivity index (χ0v) is 12.2. The summed E-state index contributed by atoms with van der Waals surface area (Å²) >= 11 is 0. The summed E-state index contributed by atoms with van der Waals surface area (Å²) in [4.78, 5) is 11.7. The van der Waals surface area contributed by atoms with Crippen LogP contribution in [0.3, 0.4) is 0 Å². The Morgan fingerprint density at radius 3 is 2.47 bits per heavy atom. The molecule has 0 spiro atoms. The Labute approximate surface area is 114 Å². The van der Waals surface area contributed by atoms with Crippen LogP contribution in [0.2, 0.25) is 0 Å². The maximum atomic E-state index is 11.7. The lowest BCUT2D eigenvalue weighted by Crippen LogP contribution is -2.43. The van der Waals surface area contributed by atoms with Crippen molar-refractivity contribution in [1.82, 2.24) is 5.32 Å². The predicted molar refractivity (Wildman–Crippen MR) is 73.3 cm³/mol. The van der Waals surface area contributed by atoms with Gasteiger partial charge in [0.2, 0.25) is 5.91 Å². The van der Waals surface area contributed by atoms with Crippen LogP contribution in [-0.2, 0) is 14.6 Å². The number of aliphatic hydroxyl groups excluding tert-OH is 1. The van der Waals surface area contributed by atoms with Crippen molar-refractivity contribution in [3.05, 3.63) is 0 Å². The van der Waals surface area contributed by atoms with E-state index in [9.17, 15) is 18.3 Å². The maximum Gasteiger partial charge on any atom is 0.236 e. The summed E-state index contributed by atoms with van der Waals surface area (Å²) in [6.45, 7) is 0.554. The predicted octanol–water partition coefficient (Wildman–Crippen LogP) is -0.584. The monoisotopic (exact) mass is 292 g/mol. The number of rotatable bonds is 6. The van der Waals surface area contributed by atoms with Gasteiger partial charge in [0.05, 0.1) is 17.9 Å². The van der Waals surface area contributed by atoms with Gasteiger partial charge in [-0.15, -0.1) is 0 Å². The number of nitrogens with one attached hydrogen (secondary N) is 1. The third kappa shape index (κ3) is 6.89. The Balaban J connectivity index is 2.23. The molecule has 1 rings (SSSR count). The van der Waals surface area contributed by atoms with Gasteiger partial charge in [-0.25, -0.2) is 8.42 Å². The lowest BCUT2D eigenvalue weighted by Gasteiger charge is -2.25. The van der Waals surface area contributed by atoms with E-state index in [4.69, 9.17) is 5.73 Å². The average molecular weight is 292 g/mol. The van der Waals surface area contributed by atoms with Crippen molar-refractivity contribution in [1.29, 1.82) is 0 Å². The van der Waals surface area contributed by atoms with Gasteiger partial charge in [0.25, 0.3) is 0 Å². The Morgan fingerprint density at radius 2 is 1.95 bits per heavy atom. The van der Waals surface area contributed by atoms with Gasteiger partial charge in [-0.1, -0.05) is 0 Å². The largest absolute Gasteiger partial charge is 0.393 e. The quantitative estimate of drug-likeness (QED) is 0.606. The molecule has 1 saturated carbocycles. The standard InChI is InChI=1S/C12H24N2O4S/c1-19(17,18)7-6-11(13)12(16)14-8-9-2-4-10(15)5-3-9/h9-11,15H,2-8,13H2,1H3,(H,14,16). The van der Waals surface area contributed by atoms with Crippen LogP contribution < -0.4 is 11.1 Å². The highest BCUT2D eigenvalue weighted by Gasteiger charge is 2.21. The smallest absolute Gasteiger partial charge is 0.236 e. The van der Waals surface area contributed by atoms with Gasteiger partial charge >= 0.3 is 0 Å². The molecule has 0 bridgehead atoms. The molecule has 0 radical (unpaired) electrons. The van der Waals surface area contributed by atoms with Crippen molar-refractivity contribution >= 4 is 15.7 Å². The highest BCUT2D eigenvalue weighted by atomic mass is 32.2. The molecule has 1 aliphatic rings. The summed E-state index contributed by atoms with van der Waals surface area (Å²) in [7, 11) is -3.08. The van der Waals surface area contributed by atoms with Crippen molar-refractivity contribution in [3.8, 4) is 0 Å². The van der Waals surface area contributed by atoms with Crippen LogP contribution in [-0.4, -0.2) is 50.1 Å². The van der Waals surface area contributed by atoms with E-state index in [0.717, 1.165) is 31.9 Å². The van der Waals surface area contributed by atoms with E-state index in [-0.39, 0.29) is 24.2 Å². The average Bonchev–Trinajstić information content (AvgIpc) is 2.34. The molecule has 1 aliphatic carbocycles. The number of sulfone groups is 1. The number of carbonyl (C=O) groups excluding carboxylic acids is 1. The van der Waals surface area contributed by atoms with Crippen molar-refractivity contribution in [2.45, 2.75) is 44.2 Å². The first-order valence-electron chi connectivity index (χ1n) is 6.67. The van der Waals surface area contributed by atoms with Crippen LogP contribution >= 0.6 is 0 Å². The molecule has 112 valence electrons. The molecule has 1 unspecified atom stereocenters. The van der Waals surface area contributed by atoms with Crippen molar-refractivity contribution in [2.75, 3.05) is 18.6 Å². The first kappa shape index (κ1) is 16.4. The van der Waals surface area contributed by atoms with Crippen LogP contribution in [0.1, 0.15) is 32.1 Å². The second-order valence-electron chi connectivity index (χ2n) is 5.44. The lowest BCUT2D eigenvalue weighted by molar-refractivity contribution is -0.122. The molecule has 0 aromatic heterocycles. The van der Waals surface area contributed by atoms with Crippen LogP contribution in [0.25, 0.3) is 0 Å². The van der Waals surface area contributed by atoms with Gasteiger partial charge in [-0.2, -0.15) is 0 Å². The number of nitrogens with two attached hydrogens (primary N) is 1. The molecular formula is C12H24N2O4S. The minimum atomic E-state index is -3.08. The minimum absolute atomic E-state index is 0.0722. The van der Waals surface area contributed by atoms with Crippen LogP contribution in [0.4, 0.5) is 0 Å². The van der Waals surface area contributed by atoms with Gasteiger partial charge in [0.15, 0.2) is 0 Å². The molecule has 7 heteroatoms. The zero-order chi connectivity index (χ0) is 14.5. The Morgan fingerprint density at radius 1 is 1.37 bits per heavy atom. The Bertz CT molecular complexity index is 389. The van der Waals surface area contributed by atoms with E-state index in [0.29, 0.717) is 12.5 Å². The second-order valence-corrected chi connectivity index (χ2v) is 7.70. The van der Waals surface area contributed by atoms with E-state index in [2.05, 4.69) is 5.32 Å². The van der Waals surface area contributed by atoms with Crippen molar-refractivity contribution in [2.24, 2.45) is 11.7 Å². The molecule has 6 nitrogen and oxygen atoms in total. The lowest BCUT2D eigenvalue weighted by atomic mass is 9.87. The third-order valence-corrected chi connectivity index (χ3v) is 4.49. The summed E-state index contributed by atoms with van der Waals surface area (Å²) in [5.41, 5.74) is 5.65. The number of amides is 1. The molecule has 1 atom stereocenters. The molecule has 0 aromatic carbocycles. The van der Waals surface area contributed by atoms with Crippen LogP contribution in [0.15, 0.2) is 0 Å². The van der Waals surface area contributed by atoms with E-state index >= 15 is 0 Å². The number of carbonyl (C=O) groups is 1. The number of hydrogen-bond donors (Lipinski definition) is 3. The molecule has 1 amide bonds. The Hall–Kier alpha value is -0.660. The van der Waals surface area contributed by atoms with Crippen molar-refractivity contribution in [3.63, 3.8) is 0 Å². The molecule has 0 aromatic rings. The summed E-state index contributed by atoms with van der Waals surface area (Å²) < 4.78 is 22.0. The Kier molecular flexibility index (Phi) is 6.22. The fourth-order valence-corrected chi connectivity index (χ4v) is 2.88. The van der Waals surface area contributed by atoms with Gasteiger partial charge in [0, 0.05) is 12.8 Å². The highest BCUT2D eigenvalue weighted by Crippen LogP contribution is 2.23. The van der Waals surface area contributed by atoms with E-state index in [1.807, 2.05) is 0 Å².